The van der Waals surface area contributed by atoms with Gasteiger partial charge in [-0.2, -0.15) is 13.2 Å². The first-order valence-electron chi connectivity index (χ1n) is 11.5. The molecule has 1 heterocycles. The number of aliphatic carboxylic acids is 1. The number of rotatable bonds is 6. The molecule has 33 heavy (non-hydrogen) atoms. The fourth-order valence-electron chi connectivity index (χ4n) is 5.49. The van der Waals surface area contributed by atoms with Gasteiger partial charge in [0.2, 0.25) is 0 Å². The van der Waals surface area contributed by atoms with E-state index in [9.17, 15) is 18.0 Å². The molecule has 0 saturated heterocycles. The highest BCUT2D eigenvalue weighted by Crippen LogP contribution is 2.43. The van der Waals surface area contributed by atoms with Gasteiger partial charge in [-0.05, 0) is 65.7 Å². The smallest absolute Gasteiger partial charge is 0.416 e. The molecule has 0 unspecified atom stereocenters. The molecule has 0 bridgehead atoms. The van der Waals surface area contributed by atoms with Crippen molar-refractivity contribution in [2.45, 2.75) is 57.2 Å². The summed E-state index contributed by atoms with van der Waals surface area (Å²) in [5, 5.41) is 12.5. The second kappa shape index (κ2) is 8.43. The molecule has 1 fully saturated rings. The number of carboxylic acid groups (broad SMARTS) is 1. The van der Waals surface area contributed by atoms with Gasteiger partial charge in [0, 0.05) is 23.7 Å². The van der Waals surface area contributed by atoms with Crippen LogP contribution in [0.3, 0.4) is 0 Å². The molecule has 5 rings (SSSR count). The van der Waals surface area contributed by atoms with E-state index in [1.165, 1.54) is 6.07 Å². The van der Waals surface area contributed by atoms with Crippen molar-refractivity contribution in [3.63, 3.8) is 0 Å². The van der Waals surface area contributed by atoms with E-state index in [0.717, 1.165) is 48.1 Å². The van der Waals surface area contributed by atoms with Gasteiger partial charge in [-0.1, -0.05) is 31.1 Å². The Morgan fingerprint density at radius 3 is 2.70 bits per heavy atom. The van der Waals surface area contributed by atoms with Gasteiger partial charge in [0.1, 0.15) is 12.4 Å². The van der Waals surface area contributed by atoms with Gasteiger partial charge in [-0.3, -0.25) is 4.79 Å². The van der Waals surface area contributed by atoms with Gasteiger partial charge in [0.25, 0.3) is 0 Å². The van der Waals surface area contributed by atoms with Crippen LogP contribution in [-0.4, -0.2) is 17.6 Å². The zero-order valence-electron chi connectivity index (χ0n) is 18.2. The molecule has 0 amide bonds. The van der Waals surface area contributed by atoms with Crippen LogP contribution < -0.4 is 5.32 Å². The molecule has 1 aromatic rings. The third-order valence-corrected chi connectivity index (χ3v) is 7.09. The Labute approximate surface area is 190 Å². The number of carbonyl (C=O) groups is 1. The SMILES string of the molecule is O=C(O)C[C@H]1CNC2=C1CC=C1C=C(OCc3ccc(C4CCCC4)c(C(F)(F)F)c3)C=C12. The van der Waals surface area contributed by atoms with Crippen molar-refractivity contribution in [2.24, 2.45) is 5.92 Å². The predicted molar refractivity (Wildman–Crippen MR) is 117 cm³/mol. The van der Waals surface area contributed by atoms with Crippen LogP contribution in [0.5, 0.6) is 0 Å². The van der Waals surface area contributed by atoms with Crippen molar-refractivity contribution in [3.8, 4) is 0 Å². The molecule has 4 aliphatic rings. The van der Waals surface area contributed by atoms with Crippen molar-refractivity contribution in [1.82, 2.24) is 5.32 Å². The fraction of sp³-hybridized carbons (Fsp3) is 0.423. The molecule has 1 aromatic carbocycles. The van der Waals surface area contributed by atoms with E-state index in [-0.39, 0.29) is 24.9 Å². The molecule has 3 aliphatic carbocycles. The van der Waals surface area contributed by atoms with Crippen molar-refractivity contribution in [2.75, 3.05) is 6.54 Å². The minimum absolute atomic E-state index is 0.0136. The number of hydrogen-bond acceptors (Lipinski definition) is 3. The van der Waals surface area contributed by atoms with E-state index >= 15 is 0 Å². The maximum atomic E-state index is 13.7. The largest absolute Gasteiger partial charge is 0.489 e. The number of nitrogens with one attached hydrogen (secondary N) is 1. The molecule has 174 valence electrons. The Bertz CT molecular complexity index is 1100. The number of halogens is 3. The maximum absolute atomic E-state index is 13.7. The average Bonchev–Trinajstić information content (AvgIpc) is 3.50. The first kappa shape index (κ1) is 21.9. The summed E-state index contributed by atoms with van der Waals surface area (Å²) in [6.07, 6.45) is 5.82. The summed E-state index contributed by atoms with van der Waals surface area (Å²) in [5.41, 5.74) is 4.39. The molecule has 2 N–H and O–H groups in total. The van der Waals surface area contributed by atoms with Crippen LogP contribution in [0, 0.1) is 5.92 Å². The van der Waals surface area contributed by atoms with Gasteiger partial charge < -0.3 is 15.2 Å². The van der Waals surface area contributed by atoms with Crippen LogP contribution in [0.15, 0.2) is 64.6 Å². The molecular weight excluding hydrogens is 431 g/mol. The van der Waals surface area contributed by atoms with E-state index in [4.69, 9.17) is 9.84 Å². The monoisotopic (exact) mass is 457 g/mol. The second-order valence-electron chi connectivity index (χ2n) is 9.23. The van der Waals surface area contributed by atoms with Crippen molar-refractivity contribution < 1.29 is 27.8 Å². The number of allylic oxidation sites excluding steroid dienone is 4. The number of carboxylic acids is 1. The molecule has 7 heteroatoms. The Morgan fingerprint density at radius 2 is 1.97 bits per heavy atom. The van der Waals surface area contributed by atoms with Gasteiger partial charge in [0.15, 0.2) is 0 Å². The molecule has 1 aliphatic heterocycles. The van der Waals surface area contributed by atoms with E-state index in [1.54, 1.807) is 12.1 Å². The minimum Gasteiger partial charge on any atom is -0.489 e. The number of fused-ring (bicyclic) bond motifs is 2. The van der Waals surface area contributed by atoms with Crippen molar-refractivity contribution in [3.05, 3.63) is 81.3 Å². The van der Waals surface area contributed by atoms with Gasteiger partial charge >= 0.3 is 12.1 Å². The highest BCUT2D eigenvalue weighted by Gasteiger charge is 2.36. The highest BCUT2D eigenvalue weighted by molar-refractivity contribution is 5.69. The lowest BCUT2D eigenvalue weighted by Gasteiger charge is -2.19. The van der Waals surface area contributed by atoms with Crippen LogP contribution >= 0.6 is 0 Å². The number of hydrogen-bond donors (Lipinski definition) is 2. The van der Waals surface area contributed by atoms with E-state index < -0.39 is 17.7 Å². The Kier molecular flexibility index (Phi) is 5.59. The summed E-state index contributed by atoms with van der Waals surface area (Å²) in [6, 6.07) is 4.61. The fourth-order valence-corrected chi connectivity index (χ4v) is 5.49. The maximum Gasteiger partial charge on any atom is 0.416 e. The van der Waals surface area contributed by atoms with Crippen LogP contribution in [0.2, 0.25) is 0 Å². The molecule has 0 spiro atoms. The number of benzene rings is 1. The summed E-state index contributed by atoms with van der Waals surface area (Å²) < 4.78 is 47.1. The van der Waals surface area contributed by atoms with Gasteiger partial charge in [0.05, 0.1) is 12.0 Å². The molecule has 4 nitrogen and oxygen atoms in total. The zero-order valence-corrected chi connectivity index (χ0v) is 18.2. The minimum atomic E-state index is -4.38. The normalized spacial score (nSPS) is 22.4. The van der Waals surface area contributed by atoms with Crippen LogP contribution in [0.4, 0.5) is 13.2 Å². The topological polar surface area (TPSA) is 58.6 Å². The first-order valence-corrected chi connectivity index (χ1v) is 11.5. The quantitative estimate of drug-likeness (QED) is 0.552. The summed E-state index contributed by atoms with van der Waals surface area (Å²) in [6.45, 7) is 0.650. The predicted octanol–water partition coefficient (Wildman–Crippen LogP) is 5.98. The lowest BCUT2D eigenvalue weighted by Crippen LogP contribution is -2.15. The highest BCUT2D eigenvalue weighted by atomic mass is 19.4. The zero-order chi connectivity index (χ0) is 23.2. The molecule has 0 aromatic heterocycles. The third-order valence-electron chi connectivity index (χ3n) is 7.09. The van der Waals surface area contributed by atoms with Crippen molar-refractivity contribution in [1.29, 1.82) is 0 Å². The molecule has 0 radical (unpaired) electrons. The summed E-state index contributed by atoms with van der Waals surface area (Å²) >= 11 is 0. The molecule has 1 atom stereocenters. The van der Waals surface area contributed by atoms with E-state index in [1.807, 2.05) is 12.2 Å². The Hall–Kier alpha value is -2.96. The van der Waals surface area contributed by atoms with Crippen LogP contribution in [0.1, 0.15) is 61.1 Å². The molecule has 1 saturated carbocycles. The van der Waals surface area contributed by atoms with E-state index in [0.29, 0.717) is 29.9 Å². The van der Waals surface area contributed by atoms with Crippen LogP contribution in [0.25, 0.3) is 0 Å². The number of ether oxygens (including phenoxy) is 1. The molecular formula is C26H26F3NO3. The Balaban J connectivity index is 1.31. The standard InChI is InChI=1S/C26H26F3NO3/c27-26(28,29)23-9-15(5-7-20(23)16-3-1-2-4-16)14-33-19-10-17-6-8-21-18(11-24(31)32)13-30-25(21)22(17)12-19/h5-7,9-10,12,16,18,30H,1-4,8,11,13-14H2,(H,31,32)/t18-/m0/s1. The second-order valence-corrected chi connectivity index (χ2v) is 9.23. The van der Waals surface area contributed by atoms with Gasteiger partial charge in [-0.25, -0.2) is 0 Å². The van der Waals surface area contributed by atoms with Crippen molar-refractivity contribution >= 4 is 5.97 Å². The lowest BCUT2D eigenvalue weighted by atomic mass is 9.87. The Morgan fingerprint density at radius 1 is 1.18 bits per heavy atom. The summed E-state index contributed by atoms with van der Waals surface area (Å²) in [4.78, 5) is 11.1. The third kappa shape index (κ3) is 4.33. The summed E-state index contributed by atoms with van der Waals surface area (Å²) in [7, 11) is 0. The first-order chi connectivity index (χ1) is 15.8. The van der Waals surface area contributed by atoms with Crippen LogP contribution in [-0.2, 0) is 22.3 Å². The summed E-state index contributed by atoms with van der Waals surface area (Å²) in [5.74, 6) is -0.257. The average molecular weight is 457 g/mol. The van der Waals surface area contributed by atoms with E-state index in [2.05, 4.69) is 11.4 Å². The number of alkyl halides is 3. The van der Waals surface area contributed by atoms with Gasteiger partial charge in [-0.15, -0.1) is 0 Å². The lowest BCUT2D eigenvalue weighted by molar-refractivity contribution is -0.139.